The molecule has 2 N–H and O–H groups in total. The second-order valence-electron chi connectivity index (χ2n) is 5.37. The molecule has 2 aliphatic rings. The monoisotopic (exact) mass is 225 g/mol. The van der Waals surface area contributed by atoms with E-state index in [1.54, 1.807) is 0 Å². The fourth-order valence-electron chi connectivity index (χ4n) is 2.20. The van der Waals surface area contributed by atoms with Gasteiger partial charge in [-0.25, -0.2) is 4.79 Å². The predicted octanol–water partition coefficient (Wildman–Crippen LogP) is 1.18. The van der Waals surface area contributed by atoms with Crippen LogP contribution in [-0.2, 0) is 0 Å². The Morgan fingerprint density at radius 3 is 2.69 bits per heavy atom. The molecule has 1 saturated heterocycles. The minimum absolute atomic E-state index is 0.0190. The fraction of sp³-hybridized carbons (Fsp3) is 0.917. The highest BCUT2D eigenvalue weighted by Gasteiger charge is 2.26. The topological polar surface area (TPSA) is 44.4 Å². The summed E-state index contributed by atoms with van der Waals surface area (Å²) in [6, 6.07) is 1.10. The van der Waals surface area contributed by atoms with Crippen molar-refractivity contribution in [3.05, 3.63) is 0 Å². The fourth-order valence-corrected chi connectivity index (χ4v) is 2.20. The van der Waals surface area contributed by atoms with E-state index in [9.17, 15) is 4.79 Å². The maximum Gasteiger partial charge on any atom is 0.315 e. The van der Waals surface area contributed by atoms with Gasteiger partial charge in [-0.1, -0.05) is 0 Å². The smallest absolute Gasteiger partial charge is 0.315 e. The van der Waals surface area contributed by atoms with E-state index in [1.165, 1.54) is 13.0 Å². The summed E-state index contributed by atoms with van der Waals surface area (Å²) in [5.41, 5.74) is 0. The van der Waals surface area contributed by atoms with Gasteiger partial charge in [0.15, 0.2) is 0 Å². The summed E-state index contributed by atoms with van der Waals surface area (Å²) in [4.78, 5) is 13.9. The van der Waals surface area contributed by atoms with E-state index in [0.29, 0.717) is 18.0 Å². The first-order valence-electron chi connectivity index (χ1n) is 6.43. The van der Waals surface area contributed by atoms with E-state index in [2.05, 4.69) is 29.4 Å². The van der Waals surface area contributed by atoms with E-state index < -0.39 is 0 Å². The van der Waals surface area contributed by atoms with Crippen molar-refractivity contribution < 1.29 is 4.79 Å². The van der Waals surface area contributed by atoms with Crippen LogP contribution in [0.15, 0.2) is 0 Å². The van der Waals surface area contributed by atoms with Gasteiger partial charge in [0.25, 0.3) is 0 Å². The molecule has 1 heterocycles. The maximum atomic E-state index is 11.4. The first-order valence-corrected chi connectivity index (χ1v) is 6.43. The summed E-state index contributed by atoms with van der Waals surface area (Å²) in [7, 11) is 0. The zero-order valence-electron chi connectivity index (χ0n) is 10.3. The number of nitrogens with zero attached hydrogens (tertiary/aromatic N) is 1. The molecule has 4 heteroatoms. The van der Waals surface area contributed by atoms with Gasteiger partial charge < -0.3 is 15.5 Å². The molecule has 2 amide bonds. The number of nitrogens with one attached hydrogen (secondary N) is 2. The molecule has 0 spiro atoms. The molecule has 1 aliphatic heterocycles. The van der Waals surface area contributed by atoms with Crippen molar-refractivity contribution in [1.82, 2.24) is 15.5 Å². The molecule has 0 aromatic heterocycles. The molecular formula is C12H23N3O. The van der Waals surface area contributed by atoms with Crippen molar-refractivity contribution >= 4 is 6.03 Å². The Hall–Kier alpha value is -0.770. The average Bonchev–Trinajstić information content (AvgIpc) is 2.91. The van der Waals surface area contributed by atoms with Crippen LogP contribution in [0.3, 0.4) is 0 Å². The van der Waals surface area contributed by atoms with Gasteiger partial charge in [0.2, 0.25) is 0 Å². The highest BCUT2D eigenvalue weighted by molar-refractivity contribution is 5.74. The van der Waals surface area contributed by atoms with Crippen molar-refractivity contribution in [2.45, 2.75) is 45.2 Å². The largest absolute Gasteiger partial charge is 0.338 e. The summed E-state index contributed by atoms with van der Waals surface area (Å²) >= 11 is 0. The second kappa shape index (κ2) is 5.04. The highest BCUT2D eigenvalue weighted by atomic mass is 16.2. The molecule has 0 aromatic carbocycles. The third kappa shape index (κ3) is 3.37. The first kappa shape index (κ1) is 11.7. The number of carbonyl (C=O) groups excluding carboxylic acids is 1. The average molecular weight is 225 g/mol. The molecule has 2 rings (SSSR count). The van der Waals surface area contributed by atoms with Crippen LogP contribution in [0.25, 0.3) is 0 Å². The van der Waals surface area contributed by atoms with Gasteiger partial charge in [-0.2, -0.15) is 0 Å². The van der Waals surface area contributed by atoms with Crippen LogP contribution < -0.4 is 10.6 Å². The predicted molar refractivity (Wildman–Crippen MR) is 64.4 cm³/mol. The molecule has 1 unspecified atom stereocenters. The molecule has 1 saturated carbocycles. The zero-order chi connectivity index (χ0) is 11.5. The Morgan fingerprint density at radius 1 is 1.38 bits per heavy atom. The number of carbonyl (C=O) groups is 1. The maximum absolute atomic E-state index is 11.4. The quantitative estimate of drug-likeness (QED) is 0.754. The standard InChI is InChI=1S/C12H23N3O/c1-9(2)15-6-5-10(8-15)7-13-12(16)14-11-3-4-11/h9-11H,3-8H2,1-2H3,(H2,13,14,16). The minimum atomic E-state index is 0.0190. The molecule has 2 fully saturated rings. The van der Waals surface area contributed by atoms with Crippen LogP contribution in [-0.4, -0.2) is 42.6 Å². The molecule has 0 aromatic rings. The van der Waals surface area contributed by atoms with Crippen LogP contribution in [0.5, 0.6) is 0 Å². The summed E-state index contributed by atoms with van der Waals surface area (Å²) < 4.78 is 0. The van der Waals surface area contributed by atoms with Crippen LogP contribution >= 0.6 is 0 Å². The Labute approximate surface area is 97.8 Å². The molecule has 16 heavy (non-hydrogen) atoms. The Kier molecular flexibility index (Phi) is 3.69. The molecule has 0 bridgehead atoms. The van der Waals surface area contributed by atoms with Crippen molar-refractivity contribution in [2.24, 2.45) is 5.92 Å². The van der Waals surface area contributed by atoms with Crippen LogP contribution in [0.1, 0.15) is 33.1 Å². The number of hydrogen-bond acceptors (Lipinski definition) is 2. The Balaban J connectivity index is 1.61. The lowest BCUT2D eigenvalue weighted by molar-refractivity contribution is 0.236. The number of rotatable bonds is 4. The molecule has 4 nitrogen and oxygen atoms in total. The molecule has 1 aliphatic carbocycles. The first-order chi connectivity index (χ1) is 7.65. The lowest BCUT2D eigenvalue weighted by Crippen LogP contribution is -2.40. The summed E-state index contributed by atoms with van der Waals surface area (Å²) in [5, 5.41) is 5.93. The van der Waals surface area contributed by atoms with E-state index in [4.69, 9.17) is 0 Å². The lowest BCUT2D eigenvalue weighted by Gasteiger charge is -2.20. The van der Waals surface area contributed by atoms with Gasteiger partial charge in [0.1, 0.15) is 0 Å². The number of likely N-dealkylation sites (tertiary alicyclic amines) is 1. The van der Waals surface area contributed by atoms with E-state index in [-0.39, 0.29) is 6.03 Å². The van der Waals surface area contributed by atoms with Gasteiger partial charge in [-0.3, -0.25) is 0 Å². The van der Waals surface area contributed by atoms with Gasteiger partial charge in [0.05, 0.1) is 0 Å². The Morgan fingerprint density at radius 2 is 2.12 bits per heavy atom. The number of amides is 2. The van der Waals surface area contributed by atoms with Gasteiger partial charge in [-0.05, 0) is 45.6 Å². The van der Waals surface area contributed by atoms with Crippen LogP contribution in [0, 0.1) is 5.92 Å². The van der Waals surface area contributed by atoms with Crippen molar-refractivity contribution in [2.75, 3.05) is 19.6 Å². The highest BCUT2D eigenvalue weighted by Crippen LogP contribution is 2.19. The summed E-state index contributed by atoms with van der Waals surface area (Å²) in [6.45, 7) is 7.59. The SMILES string of the molecule is CC(C)N1CCC(CNC(=O)NC2CC2)C1. The van der Waals surface area contributed by atoms with Gasteiger partial charge in [0, 0.05) is 25.2 Å². The van der Waals surface area contributed by atoms with Crippen molar-refractivity contribution in [3.8, 4) is 0 Å². The van der Waals surface area contributed by atoms with Gasteiger partial charge in [-0.15, -0.1) is 0 Å². The van der Waals surface area contributed by atoms with Gasteiger partial charge >= 0.3 is 6.03 Å². The Bertz CT molecular complexity index is 251. The van der Waals surface area contributed by atoms with E-state index in [0.717, 1.165) is 25.9 Å². The molecule has 92 valence electrons. The molecule has 0 radical (unpaired) electrons. The van der Waals surface area contributed by atoms with Crippen molar-refractivity contribution in [1.29, 1.82) is 0 Å². The minimum Gasteiger partial charge on any atom is -0.338 e. The zero-order valence-corrected chi connectivity index (χ0v) is 10.3. The van der Waals surface area contributed by atoms with E-state index in [1.807, 2.05) is 0 Å². The lowest BCUT2D eigenvalue weighted by atomic mass is 10.1. The summed E-state index contributed by atoms with van der Waals surface area (Å²) in [6.07, 6.45) is 3.51. The van der Waals surface area contributed by atoms with Crippen molar-refractivity contribution in [3.63, 3.8) is 0 Å². The summed E-state index contributed by atoms with van der Waals surface area (Å²) in [5.74, 6) is 0.632. The number of urea groups is 1. The normalized spacial score (nSPS) is 26.1. The van der Waals surface area contributed by atoms with Crippen LogP contribution in [0.4, 0.5) is 4.79 Å². The van der Waals surface area contributed by atoms with E-state index >= 15 is 0 Å². The third-order valence-electron chi connectivity index (χ3n) is 3.51. The molecular weight excluding hydrogens is 202 g/mol. The second-order valence-corrected chi connectivity index (χ2v) is 5.37. The van der Waals surface area contributed by atoms with Crippen LogP contribution in [0.2, 0.25) is 0 Å². The molecule has 1 atom stereocenters. The third-order valence-corrected chi connectivity index (χ3v) is 3.51. The number of hydrogen-bond donors (Lipinski definition) is 2.